The third-order valence-electron chi connectivity index (χ3n) is 15.7. The van der Waals surface area contributed by atoms with Crippen molar-refractivity contribution in [2.24, 2.45) is 35.5 Å². The van der Waals surface area contributed by atoms with Crippen LogP contribution in [0.1, 0.15) is 139 Å². The molecule has 16 heteroatoms. The quantitative estimate of drug-likeness (QED) is 0.131. The molecule has 16 nitrogen and oxygen atoms in total. The number of ether oxygens (including phenoxy) is 7. The third kappa shape index (κ3) is 15.8. The van der Waals surface area contributed by atoms with Crippen molar-refractivity contribution in [3.8, 4) is 0 Å². The van der Waals surface area contributed by atoms with Gasteiger partial charge in [0.2, 0.25) is 5.79 Å². The summed E-state index contributed by atoms with van der Waals surface area (Å²) >= 11 is 0. The first kappa shape index (κ1) is 59.4. The fourth-order valence-corrected chi connectivity index (χ4v) is 11.1. The number of hydrogen-bond acceptors (Lipinski definition) is 15. The van der Waals surface area contributed by atoms with Gasteiger partial charge in [0, 0.05) is 51.4 Å². The molecule has 3 saturated heterocycles. The molecule has 406 valence electrons. The number of ketones is 3. The van der Waals surface area contributed by atoms with Crippen molar-refractivity contribution < 1.29 is 72.5 Å². The summed E-state index contributed by atoms with van der Waals surface area (Å²) in [5.41, 5.74) is 1.22. The van der Waals surface area contributed by atoms with E-state index in [1.54, 1.807) is 34.0 Å². The lowest BCUT2D eigenvalue weighted by Gasteiger charge is -2.43. The Morgan fingerprint density at radius 2 is 1.60 bits per heavy atom. The van der Waals surface area contributed by atoms with Gasteiger partial charge in [-0.25, -0.2) is 4.79 Å². The SMILES string of the molecule is CO[C@@H]1C[C@H](C[C@@H](C)[C@@H]2CC(=O)[C@H](C)/C=C(\C)[C@@H](O)[C@@H](OC)C(=O)[C@H](C)C[C@H](C)/C=C/C=C/C=C(\C)C(OCC3COC(C)(C)O3)C[C@@H]3CC[C@@H](C)[C@@](O)(O3)C(=O)C(=O)N3CCCC[C@H]3C(=O)O2)CC[C@H]1O. The minimum atomic E-state index is -2.48. The zero-order valence-corrected chi connectivity index (χ0v) is 44.9. The average molecular weight is 1010 g/mol. The van der Waals surface area contributed by atoms with Crippen molar-refractivity contribution >= 4 is 29.2 Å². The van der Waals surface area contributed by atoms with Gasteiger partial charge < -0.3 is 53.4 Å². The minimum absolute atomic E-state index is 0.0110. The highest BCUT2D eigenvalue weighted by molar-refractivity contribution is 6.39. The summed E-state index contributed by atoms with van der Waals surface area (Å²) in [5, 5.41) is 34.2. The second-order valence-corrected chi connectivity index (χ2v) is 22.1. The molecule has 2 bridgehead atoms. The van der Waals surface area contributed by atoms with Crippen molar-refractivity contribution in [2.75, 3.05) is 34.0 Å². The van der Waals surface area contributed by atoms with E-state index in [1.165, 1.54) is 12.0 Å². The van der Waals surface area contributed by atoms with E-state index in [0.717, 1.165) is 5.57 Å². The summed E-state index contributed by atoms with van der Waals surface area (Å²) in [5.74, 6) is -8.98. The standard InChI is InChI=1S/C56H87NO15/c1-33-17-13-12-14-18-34(2)46(68-31-42-32-69-55(8,9)71-42)29-41-22-20-39(7)56(65,72-41)52(62)53(63)57-24-16-15-19-43(57)54(64)70-47(36(4)27-40-21-23-44(58)48(28-40)66-10)30-45(59)35(3)26-38(6)50(61)51(67-11)49(60)37(5)25-33/h12-14,17-18,26,33,35-37,39-44,46-48,50-51,58,61,65H,15-16,19-25,27-32H2,1-11H3/b14-12+,17-13+,34-18+,38-26+/t33-,35-,36-,37-,39-,40+,41+,42?,43+,44-,46?,47+,48-,50-,51+,56-/m1/s1. The number of aliphatic hydroxyl groups excluding tert-OH is 2. The number of fused-ring (bicyclic) bond motifs is 3. The Labute approximate surface area is 428 Å². The van der Waals surface area contributed by atoms with Crippen LogP contribution in [0.5, 0.6) is 0 Å². The molecular formula is C56H87NO15. The molecule has 4 heterocycles. The van der Waals surface area contributed by atoms with Crippen molar-refractivity contribution in [1.29, 1.82) is 0 Å². The van der Waals surface area contributed by atoms with Crippen LogP contribution in [0.15, 0.2) is 47.6 Å². The van der Waals surface area contributed by atoms with Gasteiger partial charge in [0.1, 0.15) is 36.2 Å². The molecule has 0 radical (unpaired) electrons. The number of Topliss-reactive ketones (excluding diaryl/α,β-unsaturated/α-hetero) is 3. The highest BCUT2D eigenvalue weighted by Gasteiger charge is 2.53. The van der Waals surface area contributed by atoms with E-state index in [2.05, 4.69) is 0 Å². The van der Waals surface area contributed by atoms with Gasteiger partial charge in [0.25, 0.3) is 11.7 Å². The lowest BCUT2D eigenvalue weighted by atomic mass is 9.78. The molecular weight excluding hydrogens is 927 g/mol. The molecule has 0 aromatic heterocycles. The predicted molar refractivity (Wildman–Crippen MR) is 269 cm³/mol. The maximum atomic E-state index is 14.5. The monoisotopic (exact) mass is 1010 g/mol. The van der Waals surface area contributed by atoms with Gasteiger partial charge in [-0.1, -0.05) is 71.1 Å². The number of aliphatic hydroxyl groups is 3. The number of amides is 1. The number of esters is 1. The van der Waals surface area contributed by atoms with Crippen LogP contribution in [0.25, 0.3) is 0 Å². The number of methoxy groups -OCH3 is 2. The van der Waals surface area contributed by atoms with Crippen LogP contribution in [0.2, 0.25) is 0 Å². The van der Waals surface area contributed by atoms with Crippen molar-refractivity contribution in [1.82, 2.24) is 4.90 Å². The van der Waals surface area contributed by atoms with Crippen LogP contribution in [0.4, 0.5) is 0 Å². The summed E-state index contributed by atoms with van der Waals surface area (Å²) in [6, 6.07) is -1.17. The Hall–Kier alpha value is -3.45. The van der Waals surface area contributed by atoms with Gasteiger partial charge in [-0.3, -0.25) is 19.2 Å². The van der Waals surface area contributed by atoms with E-state index < -0.39 is 89.7 Å². The van der Waals surface area contributed by atoms with E-state index in [4.69, 9.17) is 33.2 Å². The molecule has 1 saturated carbocycles. The zero-order valence-electron chi connectivity index (χ0n) is 44.9. The molecule has 0 aromatic rings. The fourth-order valence-electron chi connectivity index (χ4n) is 11.1. The summed E-state index contributed by atoms with van der Waals surface area (Å²) in [4.78, 5) is 72.6. The summed E-state index contributed by atoms with van der Waals surface area (Å²) in [6.07, 6.45) is 10.3. The van der Waals surface area contributed by atoms with Gasteiger partial charge in [-0.05, 0) is 121 Å². The second kappa shape index (κ2) is 26.9. The molecule has 5 aliphatic rings. The number of rotatable bonds is 8. The molecule has 0 aromatic carbocycles. The fraction of sp³-hybridized carbons (Fsp3) is 0.768. The van der Waals surface area contributed by atoms with Crippen LogP contribution in [0, 0.1) is 35.5 Å². The summed E-state index contributed by atoms with van der Waals surface area (Å²) < 4.78 is 42.1. The molecule has 3 N–H and O–H groups in total. The molecule has 2 unspecified atom stereocenters. The van der Waals surface area contributed by atoms with Crippen LogP contribution < -0.4 is 0 Å². The average Bonchev–Trinajstić information content (AvgIpc) is 3.70. The molecule has 1 aliphatic carbocycles. The van der Waals surface area contributed by atoms with Crippen molar-refractivity contribution in [3.05, 3.63) is 47.6 Å². The second-order valence-electron chi connectivity index (χ2n) is 22.1. The molecule has 16 atom stereocenters. The lowest BCUT2D eigenvalue weighted by Crippen LogP contribution is -2.61. The van der Waals surface area contributed by atoms with Gasteiger partial charge in [0.05, 0.1) is 37.6 Å². The first-order valence-corrected chi connectivity index (χ1v) is 26.6. The Morgan fingerprint density at radius 1 is 0.861 bits per heavy atom. The Bertz CT molecular complexity index is 1980. The third-order valence-corrected chi connectivity index (χ3v) is 15.7. The normalized spacial score (nSPS) is 40.5. The molecule has 5 rings (SSSR count). The van der Waals surface area contributed by atoms with Crippen molar-refractivity contribution in [3.63, 3.8) is 0 Å². The van der Waals surface area contributed by atoms with Gasteiger partial charge in [-0.2, -0.15) is 0 Å². The number of carbonyl (C=O) groups excluding carboxylic acids is 5. The van der Waals surface area contributed by atoms with Crippen molar-refractivity contribution in [2.45, 2.75) is 206 Å². The summed E-state index contributed by atoms with van der Waals surface area (Å²) in [6.45, 7) is 16.9. The first-order chi connectivity index (χ1) is 34.0. The predicted octanol–water partition coefficient (Wildman–Crippen LogP) is 6.70. The lowest BCUT2D eigenvalue weighted by molar-refractivity contribution is -0.266. The van der Waals surface area contributed by atoms with Crippen LogP contribution in [-0.2, 0) is 57.1 Å². The maximum Gasteiger partial charge on any atom is 0.329 e. The minimum Gasteiger partial charge on any atom is -0.460 e. The number of allylic oxidation sites excluding steroid dienone is 6. The smallest absolute Gasteiger partial charge is 0.329 e. The Kier molecular flexibility index (Phi) is 22.2. The molecule has 1 amide bonds. The van der Waals surface area contributed by atoms with Crippen LogP contribution >= 0.6 is 0 Å². The molecule has 72 heavy (non-hydrogen) atoms. The van der Waals surface area contributed by atoms with E-state index in [1.807, 2.05) is 71.9 Å². The Balaban J connectivity index is 1.48. The van der Waals surface area contributed by atoms with Gasteiger partial charge >= 0.3 is 5.97 Å². The molecule has 4 aliphatic heterocycles. The zero-order chi connectivity index (χ0) is 53.1. The number of cyclic esters (lactones) is 1. The largest absolute Gasteiger partial charge is 0.460 e. The highest BCUT2D eigenvalue weighted by Crippen LogP contribution is 2.38. The highest BCUT2D eigenvalue weighted by atomic mass is 16.7. The number of carbonyl (C=O) groups is 5. The number of nitrogens with zero attached hydrogens (tertiary/aromatic N) is 1. The first-order valence-electron chi connectivity index (χ1n) is 26.6. The maximum absolute atomic E-state index is 14.5. The topological polar surface area (TPSA) is 214 Å². The number of hydrogen-bond donors (Lipinski definition) is 3. The molecule has 0 spiro atoms. The van der Waals surface area contributed by atoms with E-state index in [-0.39, 0.29) is 73.9 Å². The van der Waals surface area contributed by atoms with Gasteiger partial charge in [-0.15, -0.1) is 0 Å². The van der Waals surface area contributed by atoms with Gasteiger partial charge in [0.15, 0.2) is 11.6 Å². The van der Waals surface area contributed by atoms with Crippen LogP contribution in [0.3, 0.4) is 0 Å². The number of piperidine rings is 1. The molecule has 4 fully saturated rings. The van der Waals surface area contributed by atoms with E-state index in [0.29, 0.717) is 70.0 Å². The van der Waals surface area contributed by atoms with E-state index in [9.17, 15) is 39.3 Å². The Morgan fingerprint density at radius 3 is 2.28 bits per heavy atom. The van der Waals surface area contributed by atoms with Crippen LogP contribution in [-0.4, -0.2) is 150 Å². The summed E-state index contributed by atoms with van der Waals surface area (Å²) in [7, 11) is 2.94. The van der Waals surface area contributed by atoms with E-state index >= 15 is 0 Å².